The van der Waals surface area contributed by atoms with Gasteiger partial charge in [0.1, 0.15) is 0 Å². The highest BCUT2D eigenvalue weighted by molar-refractivity contribution is 5.96. The van der Waals surface area contributed by atoms with Crippen molar-refractivity contribution in [1.29, 1.82) is 0 Å². The van der Waals surface area contributed by atoms with E-state index < -0.39 is 0 Å². The zero-order chi connectivity index (χ0) is 40.3. The maximum atomic E-state index is 5.08. The highest BCUT2D eigenvalue weighted by atomic mass is 14.9. The minimum Gasteiger partial charge on any atom is -0.265 e. The maximum absolute atomic E-state index is 5.08. The molecule has 61 heavy (non-hydrogen) atoms. The van der Waals surface area contributed by atoms with E-state index in [1.807, 2.05) is 42.7 Å². The smallest absolute Gasteiger partial charge is 0.160 e. The summed E-state index contributed by atoms with van der Waals surface area (Å²) < 4.78 is 0. The largest absolute Gasteiger partial charge is 0.265 e. The van der Waals surface area contributed by atoms with Crippen molar-refractivity contribution in [2.75, 3.05) is 0 Å². The highest BCUT2D eigenvalue weighted by Gasteiger charge is 2.51. The second kappa shape index (κ2) is 14.1. The normalized spacial score (nSPS) is 12.7. The van der Waals surface area contributed by atoms with Crippen LogP contribution in [0.2, 0.25) is 0 Å². The summed E-state index contributed by atoms with van der Waals surface area (Å²) in [5.74, 6) is 0.703. The maximum Gasteiger partial charge on any atom is 0.160 e. The van der Waals surface area contributed by atoms with Gasteiger partial charge in [0.15, 0.2) is 5.82 Å². The van der Waals surface area contributed by atoms with E-state index in [1.54, 1.807) is 0 Å². The van der Waals surface area contributed by atoms with Crippen LogP contribution < -0.4 is 0 Å². The Morgan fingerprint density at radius 1 is 0.262 bits per heavy atom. The van der Waals surface area contributed by atoms with Crippen LogP contribution in [0.25, 0.3) is 89.5 Å². The van der Waals surface area contributed by atoms with Gasteiger partial charge in [-0.1, -0.05) is 188 Å². The SMILES string of the molecule is c1ccc(-c2nc(-c3ccc(-c4ccncc4)cc3)cc(-c3ccc(-c4ccc(-c5ccc6c(c5)-c5ccccc5C65c6ccccc6-c6ccccc65)cc4)cc3)n2)cc1. The van der Waals surface area contributed by atoms with Gasteiger partial charge in [-0.25, -0.2) is 9.97 Å². The fraction of sp³-hybridized carbons (Fsp3) is 0.0172. The Kier molecular flexibility index (Phi) is 8.07. The van der Waals surface area contributed by atoms with Crippen molar-refractivity contribution in [1.82, 2.24) is 15.0 Å². The molecular weight excluding hydrogens is 739 g/mol. The van der Waals surface area contributed by atoms with Crippen LogP contribution in [0.5, 0.6) is 0 Å². The summed E-state index contributed by atoms with van der Waals surface area (Å²) >= 11 is 0. The van der Waals surface area contributed by atoms with Crippen molar-refractivity contribution >= 4 is 0 Å². The van der Waals surface area contributed by atoms with E-state index in [4.69, 9.17) is 9.97 Å². The number of rotatable bonds is 6. The third-order valence-electron chi connectivity index (χ3n) is 12.7. The molecule has 3 nitrogen and oxygen atoms in total. The van der Waals surface area contributed by atoms with Crippen molar-refractivity contribution in [2.45, 2.75) is 5.41 Å². The molecule has 0 bridgehead atoms. The Balaban J connectivity index is 0.863. The minimum atomic E-state index is -0.323. The van der Waals surface area contributed by atoms with E-state index in [0.29, 0.717) is 5.82 Å². The molecule has 0 saturated heterocycles. The van der Waals surface area contributed by atoms with Crippen LogP contribution in [0.3, 0.4) is 0 Å². The van der Waals surface area contributed by atoms with E-state index in [2.05, 4.69) is 187 Å². The first-order valence-corrected chi connectivity index (χ1v) is 20.8. The molecule has 12 rings (SSSR count). The Bertz CT molecular complexity index is 3220. The summed E-state index contributed by atoms with van der Waals surface area (Å²) in [6.07, 6.45) is 3.65. The summed E-state index contributed by atoms with van der Waals surface area (Å²) in [6.45, 7) is 0. The van der Waals surface area contributed by atoms with Gasteiger partial charge >= 0.3 is 0 Å². The van der Waals surface area contributed by atoms with Gasteiger partial charge in [0.25, 0.3) is 0 Å². The first-order chi connectivity index (χ1) is 30.2. The number of aromatic nitrogens is 3. The molecule has 2 aliphatic rings. The standard InChI is InChI=1S/C58H37N3/c1-2-10-45(11-3-1)57-60-55(37-56(61-57)44-28-24-40(25-29-44)42-32-34-59-35-33-42)43-26-22-39(23-27-43)38-18-20-41(21-19-38)46-30-31-54-50(36-46)49-14-6-9-17-53(49)58(54)51-15-7-4-12-47(51)48-13-5-8-16-52(48)58/h1-37H. The van der Waals surface area contributed by atoms with Gasteiger partial charge in [0, 0.05) is 29.1 Å². The molecule has 1 spiro atoms. The lowest BCUT2D eigenvalue weighted by Crippen LogP contribution is -2.25. The molecule has 0 fully saturated rings. The minimum absolute atomic E-state index is 0.323. The molecule has 0 aliphatic heterocycles. The molecule has 0 N–H and O–H groups in total. The quantitative estimate of drug-likeness (QED) is 0.169. The molecule has 3 heteroatoms. The molecule has 2 aliphatic carbocycles. The Hall–Kier alpha value is -8.01. The number of fused-ring (bicyclic) bond motifs is 10. The lowest BCUT2D eigenvalue weighted by Gasteiger charge is -2.30. The zero-order valence-electron chi connectivity index (χ0n) is 33.2. The molecule has 284 valence electrons. The van der Waals surface area contributed by atoms with Crippen LogP contribution in [-0.4, -0.2) is 15.0 Å². The fourth-order valence-corrected chi connectivity index (χ4v) is 9.80. The van der Waals surface area contributed by atoms with Crippen molar-refractivity contribution in [3.63, 3.8) is 0 Å². The second-order valence-electron chi connectivity index (χ2n) is 15.9. The molecule has 0 saturated carbocycles. The van der Waals surface area contributed by atoms with E-state index in [-0.39, 0.29) is 5.41 Å². The summed E-state index contributed by atoms with van der Waals surface area (Å²) in [5, 5.41) is 0. The summed E-state index contributed by atoms with van der Waals surface area (Å²) in [5.41, 5.74) is 22.3. The molecular formula is C58H37N3. The molecule has 10 aromatic rings. The number of nitrogens with zero attached hydrogens (tertiary/aromatic N) is 3. The van der Waals surface area contributed by atoms with Gasteiger partial charge in [-0.2, -0.15) is 0 Å². The molecule has 2 heterocycles. The lowest BCUT2D eigenvalue weighted by molar-refractivity contribution is 0.794. The van der Waals surface area contributed by atoms with Gasteiger partial charge in [-0.15, -0.1) is 0 Å². The number of hydrogen-bond acceptors (Lipinski definition) is 3. The number of pyridine rings is 1. The van der Waals surface area contributed by atoms with E-state index >= 15 is 0 Å². The zero-order valence-corrected chi connectivity index (χ0v) is 33.2. The van der Waals surface area contributed by atoms with Crippen LogP contribution in [0.1, 0.15) is 22.3 Å². The predicted octanol–water partition coefficient (Wildman–Crippen LogP) is 14.2. The first kappa shape index (κ1) is 35.0. The monoisotopic (exact) mass is 775 g/mol. The number of hydrogen-bond donors (Lipinski definition) is 0. The van der Waals surface area contributed by atoms with Crippen LogP contribution in [-0.2, 0) is 5.41 Å². The molecule has 0 atom stereocenters. The van der Waals surface area contributed by atoms with Crippen LogP contribution in [0.15, 0.2) is 225 Å². The third-order valence-corrected chi connectivity index (χ3v) is 12.7. The first-order valence-electron chi connectivity index (χ1n) is 20.8. The highest BCUT2D eigenvalue weighted by Crippen LogP contribution is 2.63. The van der Waals surface area contributed by atoms with Crippen LogP contribution >= 0.6 is 0 Å². The van der Waals surface area contributed by atoms with Gasteiger partial charge in [-0.3, -0.25) is 4.98 Å². The van der Waals surface area contributed by atoms with Crippen molar-refractivity contribution < 1.29 is 0 Å². The molecule has 0 amide bonds. The summed E-state index contributed by atoms with van der Waals surface area (Å²) in [4.78, 5) is 14.3. The Labute approximate surface area is 355 Å². The van der Waals surface area contributed by atoms with E-state index in [1.165, 1.54) is 61.2 Å². The topological polar surface area (TPSA) is 38.7 Å². The average Bonchev–Trinajstić information content (AvgIpc) is 3.82. The van der Waals surface area contributed by atoms with Crippen molar-refractivity contribution in [3.05, 3.63) is 247 Å². The van der Waals surface area contributed by atoms with Crippen LogP contribution in [0.4, 0.5) is 0 Å². The van der Waals surface area contributed by atoms with Gasteiger partial charge < -0.3 is 0 Å². The van der Waals surface area contributed by atoms with Gasteiger partial charge in [0.2, 0.25) is 0 Å². The predicted molar refractivity (Wildman–Crippen MR) is 249 cm³/mol. The molecule has 0 unspecified atom stereocenters. The number of benzene rings is 8. The van der Waals surface area contributed by atoms with Crippen LogP contribution in [0, 0.1) is 0 Å². The molecule has 0 radical (unpaired) electrons. The molecule has 8 aromatic carbocycles. The second-order valence-corrected chi connectivity index (χ2v) is 15.9. The lowest BCUT2D eigenvalue weighted by atomic mass is 9.70. The van der Waals surface area contributed by atoms with E-state index in [0.717, 1.165) is 44.8 Å². The summed E-state index contributed by atoms with van der Waals surface area (Å²) in [7, 11) is 0. The van der Waals surface area contributed by atoms with Gasteiger partial charge in [-0.05, 0) is 102 Å². The van der Waals surface area contributed by atoms with Crippen molar-refractivity contribution in [3.8, 4) is 89.5 Å². The van der Waals surface area contributed by atoms with Gasteiger partial charge in [0.05, 0.1) is 16.8 Å². The van der Waals surface area contributed by atoms with E-state index in [9.17, 15) is 0 Å². The molecule has 2 aromatic heterocycles. The summed E-state index contributed by atoms with van der Waals surface area (Å²) in [6, 6.07) is 76.7. The van der Waals surface area contributed by atoms with Crippen molar-refractivity contribution in [2.24, 2.45) is 0 Å². The Morgan fingerprint density at radius 2 is 0.639 bits per heavy atom. The average molecular weight is 776 g/mol. The third kappa shape index (κ3) is 5.62. The Morgan fingerprint density at radius 3 is 1.15 bits per heavy atom. The fourth-order valence-electron chi connectivity index (χ4n) is 9.80.